The molecule has 4 aromatic carbocycles. The van der Waals surface area contributed by atoms with Gasteiger partial charge in [-0.1, -0.05) is 78.9 Å². The second-order valence-electron chi connectivity index (χ2n) is 11.0. The molecule has 0 spiro atoms. The highest BCUT2D eigenvalue weighted by Gasteiger charge is 2.32. The molecule has 0 radical (unpaired) electrons. The molecular weight excluding hydrogens is 472 g/mol. The number of allylic oxidation sites excluding steroid dienone is 2. The van der Waals surface area contributed by atoms with Crippen LogP contribution in [0.3, 0.4) is 0 Å². The van der Waals surface area contributed by atoms with E-state index in [9.17, 15) is 0 Å². The van der Waals surface area contributed by atoms with Crippen molar-refractivity contribution in [1.82, 2.24) is 9.55 Å². The fraction of sp³-hybridized carbons (Fsp3) is 0.108. The summed E-state index contributed by atoms with van der Waals surface area (Å²) in [5.74, 6) is 0.460. The molecule has 1 atom stereocenters. The third-order valence-electron chi connectivity index (χ3n) is 9.06. The van der Waals surface area contributed by atoms with Gasteiger partial charge in [0, 0.05) is 28.6 Å². The van der Waals surface area contributed by atoms with Gasteiger partial charge in [-0.05, 0) is 93.6 Å². The van der Waals surface area contributed by atoms with E-state index in [4.69, 9.17) is 0 Å². The average Bonchev–Trinajstić information content (AvgIpc) is 3.52. The summed E-state index contributed by atoms with van der Waals surface area (Å²) >= 11 is 0. The summed E-state index contributed by atoms with van der Waals surface area (Å²) in [6.07, 6.45) is 16.6. The minimum absolute atomic E-state index is 0.460. The number of hydrogen-bond donors (Lipinski definition) is 0. The van der Waals surface area contributed by atoms with Gasteiger partial charge in [-0.15, -0.1) is 0 Å². The van der Waals surface area contributed by atoms with Crippen LogP contribution < -0.4 is 0 Å². The summed E-state index contributed by atoms with van der Waals surface area (Å²) in [5.41, 5.74) is 16.1. The molecule has 2 heteroatoms. The smallest absolute Gasteiger partial charge is 0.0724 e. The van der Waals surface area contributed by atoms with Gasteiger partial charge in [0.1, 0.15) is 0 Å². The number of rotatable bonds is 2. The average molecular weight is 499 g/mol. The van der Waals surface area contributed by atoms with Gasteiger partial charge in [0.15, 0.2) is 0 Å². The van der Waals surface area contributed by atoms with Crippen LogP contribution >= 0.6 is 0 Å². The summed E-state index contributed by atoms with van der Waals surface area (Å²) in [6.45, 7) is 0. The lowest BCUT2D eigenvalue weighted by molar-refractivity contribution is 0.844. The molecule has 3 aliphatic carbocycles. The molecule has 0 N–H and O–H groups in total. The second-order valence-corrected chi connectivity index (χ2v) is 11.0. The first-order valence-electron chi connectivity index (χ1n) is 14.0. The van der Waals surface area contributed by atoms with Crippen LogP contribution in [0.5, 0.6) is 0 Å². The third-order valence-corrected chi connectivity index (χ3v) is 9.06. The van der Waals surface area contributed by atoms with Gasteiger partial charge in [-0.3, -0.25) is 4.98 Å². The molecule has 0 amide bonds. The molecule has 0 saturated heterocycles. The number of aryl methyl sites for hydroxylation is 1. The standard InChI is InChI=1S/C37H26N2/c1-2-10-27-23(7-1)15-18-34-37(27)33-19-20-38-22-35(33)39(34)25-9-5-8-24(21-25)26-16-17-32-29-12-4-3-11-28(29)31-14-6-13-30(26)36(31)32/h2-6,8-13,15-22,31H,1,7,14H2. The van der Waals surface area contributed by atoms with Crippen molar-refractivity contribution < 1.29 is 0 Å². The summed E-state index contributed by atoms with van der Waals surface area (Å²) in [5, 5.41) is 2.60. The number of hydrogen-bond acceptors (Lipinski definition) is 1. The SMILES string of the molecule is C1=Cc2c(ccc3c2c2ccncc2n3-c2cccc(-c3ccc4c5c3C=CCC5c3ccccc3-4)c2)CC1. The lowest BCUT2D eigenvalue weighted by Crippen LogP contribution is -2.03. The van der Waals surface area contributed by atoms with Gasteiger partial charge in [-0.25, -0.2) is 0 Å². The molecule has 0 fully saturated rings. The molecule has 0 saturated carbocycles. The quantitative estimate of drug-likeness (QED) is 0.233. The minimum Gasteiger partial charge on any atom is -0.308 e. The van der Waals surface area contributed by atoms with Gasteiger partial charge in [0.2, 0.25) is 0 Å². The van der Waals surface area contributed by atoms with Gasteiger partial charge in [0.25, 0.3) is 0 Å². The van der Waals surface area contributed by atoms with E-state index in [0.717, 1.165) is 24.8 Å². The van der Waals surface area contributed by atoms with Crippen LogP contribution in [0, 0.1) is 0 Å². The monoisotopic (exact) mass is 498 g/mol. The highest BCUT2D eigenvalue weighted by molar-refractivity contribution is 6.13. The number of benzene rings is 4. The summed E-state index contributed by atoms with van der Waals surface area (Å²) in [7, 11) is 0. The van der Waals surface area contributed by atoms with Crippen LogP contribution in [-0.4, -0.2) is 9.55 Å². The number of pyridine rings is 1. The zero-order valence-electron chi connectivity index (χ0n) is 21.6. The Kier molecular flexibility index (Phi) is 4.31. The fourth-order valence-corrected chi connectivity index (χ4v) is 7.41. The van der Waals surface area contributed by atoms with E-state index in [1.54, 1.807) is 0 Å². The second kappa shape index (κ2) is 7.91. The maximum Gasteiger partial charge on any atom is 0.0724 e. The molecule has 0 aliphatic heterocycles. The van der Waals surface area contributed by atoms with E-state index in [2.05, 4.69) is 113 Å². The van der Waals surface area contributed by atoms with Crippen LogP contribution in [0.25, 0.3) is 61.9 Å². The zero-order chi connectivity index (χ0) is 25.5. The molecule has 2 nitrogen and oxygen atoms in total. The number of aromatic nitrogens is 2. The van der Waals surface area contributed by atoms with Crippen molar-refractivity contribution in [3.05, 3.63) is 131 Å². The van der Waals surface area contributed by atoms with Gasteiger partial charge < -0.3 is 4.57 Å². The van der Waals surface area contributed by atoms with E-state index in [0.29, 0.717) is 5.92 Å². The predicted molar refractivity (Wildman–Crippen MR) is 162 cm³/mol. The fourth-order valence-electron chi connectivity index (χ4n) is 7.41. The van der Waals surface area contributed by atoms with E-state index in [-0.39, 0.29) is 0 Å². The largest absolute Gasteiger partial charge is 0.308 e. The molecule has 2 heterocycles. The Labute approximate surface area is 227 Å². The normalized spacial score (nSPS) is 16.5. The minimum atomic E-state index is 0.460. The van der Waals surface area contributed by atoms with Gasteiger partial charge in [0.05, 0.1) is 17.2 Å². The lowest BCUT2D eigenvalue weighted by Gasteiger charge is -2.21. The molecule has 0 bridgehead atoms. The van der Waals surface area contributed by atoms with Crippen molar-refractivity contribution in [3.8, 4) is 27.9 Å². The molecule has 2 aromatic heterocycles. The van der Waals surface area contributed by atoms with Gasteiger partial charge in [-0.2, -0.15) is 0 Å². The van der Waals surface area contributed by atoms with Crippen molar-refractivity contribution in [1.29, 1.82) is 0 Å². The van der Waals surface area contributed by atoms with Crippen molar-refractivity contribution in [2.45, 2.75) is 25.2 Å². The summed E-state index contributed by atoms with van der Waals surface area (Å²) in [6, 6.07) is 29.5. The van der Waals surface area contributed by atoms with Crippen LogP contribution in [0.4, 0.5) is 0 Å². The van der Waals surface area contributed by atoms with Crippen LogP contribution in [0.1, 0.15) is 46.6 Å². The third kappa shape index (κ3) is 2.89. The highest BCUT2D eigenvalue weighted by Crippen LogP contribution is 2.52. The summed E-state index contributed by atoms with van der Waals surface area (Å²) in [4.78, 5) is 4.54. The maximum atomic E-state index is 4.54. The van der Waals surface area contributed by atoms with Crippen LogP contribution in [-0.2, 0) is 6.42 Å². The molecule has 6 aromatic rings. The number of fused-ring (bicyclic) bond motifs is 8. The lowest BCUT2D eigenvalue weighted by atomic mass is 9.82. The Morgan fingerprint density at radius 1 is 0.744 bits per heavy atom. The molecule has 3 aliphatic rings. The van der Waals surface area contributed by atoms with Crippen molar-refractivity contribution >= 4 is 34.0 Å². The van der Waals surface area contributed by atoms with E-state index in [1.807, 2.05) is 12.4 Å². The van der Waals surface area contributed by atoms with Gasteiger partial charge >= 0.3 is 0 Å². The predicted octanol–water partition coefficient (Wildman–Crippen LogP) is 9.33. The maximum absolute atomic E-state index is 4.54. The Bertz CT molecular complexity index is 2050. The van der Waals surface area contributed by atoms with E-state index in [1.165, 1.54) is 72.0 Å². The molecule has 1 unspecified atom stereocenters. The van der Waals surface area contributed by atoms with Crippen molar-refractivity contribution in [3.63, 3.8) is 0 Å². The Hall–Kier alpha value is -4.69. The first kappa shape index (κ1) is 21.3. The number of nitrogens with zero attached hydrogens (tertiary/aromatic N) is 2. The van der Waals surface area contributed by atoms with E-state index >= 15 is 0 Å². The molecular formula is C37H26N2. The molecule has 184 valence electrons. The first-order valence-corrected chi connectivity index (χ1v) is 14.0. The van der Waals surface area contributed by atoms with E-state index < -0.39 is 0 Å². The molecule has 39 heavy (non-hydrogen) atoms. The van der Waals surface area contributed by atoms with Crippen molar-refractivity contribution in [2.75, 3.05) is 0 Å². The first-order chi connectivity index (χ1) is 19.4. The van der Waals surface area contributed by atoms with Crippen LogP contribution in [0.2, 0.25) is 0 Å². The van der Waals surface area contributed by atoms with Crippen LogP contribution in [0.15, 0.2) is 103 Å². The Balaban J connectivity index is 1.27. The van der Waals surface area contributed by atoms with Crippen molar-refractivity contribution in [2.24, 2.45) is 0 Å². The Morgan fingerprint density at radius 3 is 2.67 bits per heavy atom. The topological polar surface area (TPSA) is 17.8 Å². The zero-order valence-corrected chi connectivity index (χ0v) is 21.6. The highest BCUT2D eigenvalue weighted by atomic mass is 15.0. The molecule has 9 rings (SSSR count). The Morgan fingerprint density at radius 2 is 1.67 bits per heavy atom. The summed E-state index contributed by atoms with van der Waals surface area (Å²) < 4.78 is 2.40.